The Labute approximate surface area is 125 Å². The minimum absolute atomic E-state index is 0.0472. The quantitative estimate of drug-likeness (QED) is 0.724. The molecule has 1 saturated heterocycles. The van der Waals surface area contributed by atoms with Gasteiger partial charge in [-0.2, -0.15) is 0 Å². The summed E-state index contributed by atoms with van der Waals surface area (Å²) in [7, 11) is 0. The van der Waals surface area contributed by atoms with Gasteiger partial charge in [-0.15, -0.1) is 0 Å². The van der Waals surface area contributed by atoms with Crippen molar-refractivity contribution in [1.82, 2.24) is 4.90 Å². The van der Waals surface area contributed by atoms with E-state index in [1.807, 2.05) is 6.92 Å². The molecule has 0 radical (unpaired) electrons. The Morgan fingerprint density at radius 2 is 1.95 bits per heavy atom. The van der Waals surface area contributed by atoms with E-state index in [2.05, 4.69) is 34.7 Å². The molecule has 0 N–H and O–H groups in total. The van der Waals surface area contributed by atoms with E-state index in [4.69, 9.17) is 4.74 Å². The molecule has 1 aliphatic heterocycles. The second-order valence-corrected chi connectivity index (χ2v) is 6.88. The van der Waals surface area contributed by atoms with Crippen molar-refractivity contribution in [3.05, 3.63) is 0 Å². The van der Waals surface area contributed by atoms with Gasteiger partial charge in [0.25, 0.3) is 0 Å². The van der Waals surface area contributed by atoms with Crippen LogP contribution >= 0.6 is 15.9 Å². The van der Waals surface area contributed by atoms with Crippen molar-refractivity contribution in [2.75, 3.05) is 11.9 Å². The topological polar surface area (TPSA) is 29.5 Å². The lowest BCUT2D eigenvalue weighted by molar-refractivity contribution is -0.142. The Balaban J connectivity index is 2.05. The molecule has 0 aromatic carbocycles. The molecule has 1 saturated carbocycles. The van der Waals surface area contributed by atoms with Gasteiger partial charge < -0.3 is 9.64 Å². The van der Waals surface area contributed by atoms with E-state index in [1.165, 1.54) is 19.3 Å². The van der Waals surface area contributed by atoms with Crippen LogP contribution in [0.3, 0.4) is 0 Å². The van der Waals surface area contributed by atoms with Gasteiger partial charge in [0, 0.05) is 17.9 Å². The normalized spacial score (nSPS) is 35.2. The maximum Gasteiger partial charge on any atom is 0.228 e. The summed E-state index contributed by atoms with van der Waals surface area (Å²) in [6.45, 7) is 7.17. The van der Waals surface area contributed by atoms with E-state index in [9.17, 15) is 4.79 Å². The highest BCUT2D eigenvalue weighted by Gasteiger charge is 2.44. The maximum absolute atomic E-state index is 12.9. The Morgan fingerprint density at radius 1 is 1.26 bits per heavy atom. The van der Waals surface area contributed by atoms with E-state index >= 15 is 0 Å². The zero-order valence-corrected chi connectivity index (χ0v) is 13.9. The Kier molecular flexibility index (Phi) is 5.29. The summed E-state index contributed by atoms with van der Waals surface area (Å²) in [5.41, 5.74) is 0. The first-order chi connectivity index (χ1) is 9.06. The molecule has 2 aliphatic rings. The molecule has 1 amide bonds. The van der Waals surface area contributed by atoms with E-state index < -0.39 is 0 Å². The van der Waals surface area contributed by atoms with Crippen LogP contribution in [0.25, 0.3) is 0 Å². The fraction of sp³-hybridized carbons (Fsp3) is 0.933. The van der Waals surface area contributed by atoms with Crippen LogP contribution in [-0.2, 0) is 9.53 Å². The molecule has 2 fully saturated rings. The van der Waals surface area contributed by atoms with Gasteiger partial charge in [-0.25, -0.2) is 0 Å². The van der Waals surface area contributed by atoms with Gasteiger partial charge in [0.15, 0.2) is 0 Å². The summed E-state index contributed by atoms with van der Waals surface area (Å²) in [4.78, 5) is 15.0. The molecular weight excluding hydrogens is 306 g/mol. The van der Waals surface area contributed by atoms with E-state index in [-0.39, 0.29) is 18.1 Å². The highest BCUT2D eigenvalue weighted by molar-refractivity contribution is 9.09. The minimum atomic E-state index is 0.0472. The summed E-state index contributed by atoms with van der Waals surface area (Å²) >= 11 is 3.47. The molecule has 1 aliphatic carbocycles. The standard InChI is InChI=1S/C15H26BrNO2/c1-10-11(2)19-12(3)14(10)15(18)17(9-5-8-16)13-6-4-7-13/h10-14H,4-9H2,1-3H3. The van der Waals surface area contributed by atoms with Crippen LogP contribution in [0.5, 0.6) is 0 Å². The molecule has 0 bridgehead atoms. The van der Waals surface area contributed by atoms with Crippen molar-refractivity contribution in [1.29, 1.82) is 0 Å². The third-order valence-electron chi connectivity index (χ3n) is 4.86. The Bertz CT molecular complexity index is 319. The predicted octanol–water partition coefficient (Wildman–Crippen LogP) is 3.21. The number of ether oxygens (including phenoxy) is 1. The van der Waals surface area contributed by atoms with Crippen molar-refractivity contribution in [3.8, 4) is 0 Å². The molecule has 3 nitrogen and oxygen atoms in total. The fourth-order valence-corrected chi connectivity index (χ4v) is 3.54. The van der Waals surface area contributed by atoms with E-state index in [1.54, 1.807) is 0 Å². The monoisotopic (exact) mass is 331 g/mol. The smallest absolute Gasteiger partial charge is 0.228 e. The first-order valence-electron chi connectivity index (χ1n) is 7.58. The van der Waals surface area contributed by atoms with Gasteiger partial charge in [0.1, 0.15) is 0 Å². The molecular formula is C15H26BrNO2. The van der Waals surface area contributed by atoms with Crippen LogP contribution in [0, 0.1) is 11.8 Å². The van der Waals surface area contributed by atoms with E-state index in [0.29, 0.717) is 17.9 Å². The number of amides is 1. The van der Waals surface area contributed by atoms with Crippen LogP contribution in [0.2, 0.25) is 0 Å². The molecule has 110 valence electrons. The average Bonchev–Trinajstić information content (AvgIpc) is 2.55. The lowest BCUT2D eigenvalue weighted by atomic mass is 9.85. The summed E-state index contributed by atoms with van der Waals surface area (Å²) < 4.78 is 5.84. The van der Waals surface area contributed by atoms with Gasteiger partial charge in [-0.05, 0) is 45.4 Å². The Hall–Kier alpha value is -0.0900. The van der Waals surface area contributed by atoms with Gasteiger partial charge in [0.05, 0.1) is 18.1 Å². The first kappa shape index (κ1) is 15.3. The third-order valence-corrected chi connectivity index (χ3v) is 5.42. The molecule has 0 aromatic heterocycles. The maximum atomic E-state index is 12.9. The number of carbonyl (C=O) groups excluding carboxylic acids is 1. The van der Waals surface area contributed by atoms with Crippen molar-refractivity contribution in [2.24, 2.45) is 11.8 Å². The van der Waals surface area contributed by atoms with Crippen LogP contribution in [-0.4, -0.2) is 40.9 Å². The summed E-state index contributed by atoms with van der Waals surface area (Å²) in [5.74, 6) is 0.704. The van der Waals surface area contributed by atoms with Gasteiger partial charge in [0.2, 0.25) is 5.91 Å². The van der Waals surface area contributed by atoms with Crippen molar-refractivity contribution < 1.29 is 9.53 Å². The van der Waals surface area contributed by atoms with Gasteiger partial charge in [-0.1, -0.05) is 22.9 Å². The molecule has 2 rings (SSSR count). The third kappa shape index (κ3) is 3.15. The average molecular weight is 332 g/mol. The van der Waals surface area contributed by atoms with Crippen LogP contribution in [0.1, 0.15) is 46.5 Å². The second kappa shape index (κ2) is 6.57. The molecule has 0 spiro atoms. The highest BCUT2D eigenvalue weighted by Crippen LogP contribution is 2.36. The van der Waals surface area contributed by atoms with Gasteiger partial charge >= 0.3 is 0 Å². The molecule has 0 aromatic rings. The van der Waals surface area contributed by atoms with Crippen molar-refractivity contribution >= 4 is 21.8 Å². The van der Waals surface area contributed by atoms with Crippen LogP contribution < -0.4 is 0 Å². The summed E-state index contributed by atoms with van der Waals surface area (Å²) in [5, 5.41) is 0.964. The SMILES string of the molecule is CC1OC(C)C(C(=O)N(CCCBr)C2CCC2)C1C. The number of hydrogen-bond donors (Lipinski definition) is 0. The molecule has 19 heavy (non-hydrogen) atoms. The molecule has 4 atom stereocenters. The summed E-state index contributed by atoms with van der Waals surface area (Å²) in [6, 6.07) is 0.488. The first-order valence-corrected chi connectivity index (χ1v) is 8.70. The van der Waals surface area contributed by atoms with Crippen LogP contribution in [0.15, 0.2) is 0 Å². The number of carbonyl (C=O) groups is 1. The largest absolute Gasteiger partial charge is 0.374 e. The number of alkyl halides is 1. The zero-order valence-electron chi connectivity index (χ0n) is 12.3. The Morgan fingerprint density at radius 3 is 2.37 bits per heavy atom. The van der Waals surface area contributed by atoms with E-state index in [0.717, 1.165) is 18.3 Å². The number of rotatable bonds is 5. The number of halogens is 1. The number of nitrogens with zero attached hydrogens (tertiary/aromatic N) is 1. The molecule has 1 heterocycles. The second-order valence-electron chi connectivity index (χ2n) is 6.09. The van der Waals surface area contributed by atoms with Crippen molar-refractivity contribution in [2.45, 2.75) is 64.7 Å². The lowest BCUT2D eigenvalue weighted by Crippen LogP contribution is -2.49. The highest BCUT2D eigenvalue weighted by atomic mass is 79.9. The van der Waals surface area contributed by atoms with Crippen molar-refractivity contribution in [3.63, 3.8) is 0 Å². The lowest BCUT2D eigenvalue weighted by Gasteiger charge is -2.40. The molecule has 4 heteroatoms. The van der Waals surface area contributed by atoms with Crippen LogP contribution in [0.4, 0.5) is 0 Å². The predicted molar refractivity (Wildman–Crippen MR) is 80.4 cm³/mol. The fourth-order valence-electron chi connectivity index (χ4n) is 3.28. The number of hydrogen-bond acceptors (Lipinski definition) is 2. The zero-order chi connectivity index (χ0) is 14.0. The van der Waals surface area contributed by atoms with Gasteiger partial charge in [-0.3, -0.25) is 4.79 Å². The minimum Gasteiger partial charge on any atom is -0.374 e. The summed E-state index contributed by atoms with van der Waals surface area (Å²) in [6.07, 6.45) is 4.92. The molecule has 4 unspecified atom stereocenters.